The van der Waals surface area contributed by atoms with E-state index in [1.165, 1.54) is 12.3 Å². The lowest BCUT2D eigenvalue weighted by Gasteiger charge is -2.13. The van der Waals surface area contributed by atoms with Gasteiger partial charge in [-0.25, -0.2) is 0 Å². The summed E-state index contributed by atoms with van der Waals surface area (Å²) in [5.41, 5.74) is 2.34. The summed E-state index contributed by atoms with van der Waals surface area (Å²) in [4.78, 5) is 32.7. The monoisotopic (exact) mass is 324 g/mol. The van der Waals surface area contributed by atoms with Crippen LogP contribution in [0.5, 0.6) is 0 Å². The van der Waals surface area contributed by atoms with Gasteiger partial charge in [0, 0.05) is 24.0 Å². The molecule has 1 aliphatic carbocycles. The van der Waals surface area contributed by atoms with Gasteiger partial charge in [0.15, 0.2) is 0 Å². The zero-order valence-electron chi connectivity index (χ0n) is 13.7. The minimum atomic E-state index is -0.284. The molecule has 1 saturated carbocycles. The van der Waals surface area contributed by atoms with Crippen molar-refractivity contribution in [3.63, 3.8) is 0 Å². The van der Waals surface area contributed by atoms with Gasteiger partial charge in [0.1, 0.15) is 5.69 Å². The number of anilines is 1. The van der Waals surface area contributed by atoms with E-state index in [4.69, 9.17) is 0 Å². The molecule has 2 aromatic rings. The van der Waals surface area contributed by atoms with E-state index in [-0.39, 0.29) is 29.5 Å². The van der Waals surface area contributed by atoms with Gasteiger partial charge in [-0.3, -0.25) is 19.6 Å². The quantitative estimate of drug-likeness (QED) is 0.886. The molecular formula is C18H20N4O2. The molecule has 2 heterocycles. The lowest BCUT2D eigenvalue weighted by molar-refractivity contribution is 0.0946. The van der Waals surface area contributed by atoms with E-state index in [1.54, 1.807) is 18.5 Å². The highest BCUT2D eigenvalue weighted by Crippen LogP contribution is 2.23. The average Bonchev–Trinajstić information content (AvgIpc) is 3.39. The molecule has 124 valence electrons. The van der Waals surface area contributed by atoms with E-state index >= 15 is 0 Å². The van der Waals surface area contributed by atoms with Gasteiger partial charge in [0.2, 0.25) is 0 Å². The van der Waals surface area contributed by atoms with Crippen molar-refractivity contribution in [3.05, 3.63) is 53.6 Å². The van der Waals surface area contributed by atoms with Crippen LogP contribution in [0, 0.1) is 0 Å². The molecule has 3 rings (SSSR count). The Hall–Kier alpha value is -2.76. The Bertz CT molecular complexity index is 769. The van der Waals surface area contributed by atoms with Crippen molar-refractivity contribution >= 4 is 17.5 Å². The summed E-state index contributed by atoms with van der Waals surface area (Å²) >= 11 is 0. The number of hydrogen-bond donors (Lipinski definition) is 2. The van der Waals surface area contributed by atoms with Gasteiger partial charge >= 0.3 is 0 Å². The Morgan fingerprint density at radius 1 is 1.17 bits per heavy atom. The van der Waals surface area contributed by atoms with Crippen molar-refractivity contribution < 1.29 is 9.59 Å². The van der Waals surface area contributed by atoms with Crippen molar-refractivity contribution in [2.75, 3.05) is 5.32 Å². The molecule has 0 atom stereocenters. The van der Waals surface area contributed by atoms with Crippen LogP contribution >= 0.6 is 0 Å². The first kappa shape index (κ1) is 16.1. The first-order valence-corrected chi connectivity index (χ1v) is 8.07. The summed E-state index contributed by atoms with van der Waals surface area (Å²) in [6.45, 7) is 4.11. The van der Waals surface area contributed by atoms with Gasteiger partial charge in [-0.15, -0.1) is 0 Å². The third-order valence-electron chi connectivity index (χ3n) is 3.89. The van der Waals surface area contributed by atoms with Gasteiger partial charge in [0.25, 0.3) is 11.8 Å². The first-order valence-electron chi connectivity index (χ1n) is 8.07. The van der Waals surface area contributed by atoms with Gasteiger partial charge in [-0.05, 0) is 42.5 Å². The number of nitrogens with zero attached hydrogens (tertiary/aromatic N) is 2. The summed E-state index contributed by atoms with van der Waals surface area (Å²) in [7, 11) is 0. The number of nitrogens with one attached hydrogen (secondary N) is 2. The standard InChI is InChI=1S/C18H20N4O2/c1-11(2)14-6-7-19-10-16(14)22-17(23)12-5-8-20-15(9-12)18(24)21-13-3-4-13/h5-11,13H,3-4H2,1-2H3,(H,21,24)(H,22,23). The molecule has 2 amide bonds. The fraction of sp³-hybridized carbons (Fsp3) is 0.333. The molecule has 0 saturated heterocycles. The maximum atomic E-state index is 12.5. The highest BCUT2D eigenvalue weighted by atomic mass is 16.2. The van der Waals surface area contributed by atoms with Crippen LogP contribution in [-0.2, 0) is 0 Å². The molecule has 1 fully saturated rings. The molecule has 0 aromatic carbocycles. The SMILES string of the molecule is CC(C)c1ccncc1NC(=O)c1ccnc(C(=O)NC2CC2)c1. The molecule has 24 heavy (non-hydrogen) atoms. The first-order chi connectivity index (χ1) is 11.5. The van der Waals surface area contributed by atoms with E-state index in [1.807, 2.05) is 6.07 Å². The Labute approximate surface area is 140 Å². The maximum Gasteiger partial charge on any atom is 0.270 e. The van der Waals surface area contributed by atoms with E-state index in [9.17, 15) is 9.59 Å². The van der Waals surface area contributed by atoms with Crippen LogP contribution in [0.4, 0.5) is 5.69 Å². The number of carbonyl (C=O) groups is 2. The zero-order chi connectivity index (χ0) is 17.1. The summed E-state index contributed by atoms with van der Waals surface area (Å²) in [5, 5.41) is 5.73. The van der Waals surface area contributed by atoms with Crippen LogP contribution in [0.15, 0.2) is 36.8 Å². The molecular weight excluding hydrogens is 304 g/mol. The second-order valence-electron chi connectivity index (χ2n) is 6.25. The fourth-order valence-electron chi connectivity index (χ4n) is 2.39. The summed E-state index contributed by atoms with van der Waals surface area (Å²) in [5.74, 6) is -0.259. The van der Waals surface area contributed by atoms with Crippen LogP contribution in [0.25, 0.3) is 0 Å². The van der Waals surface area contributed by atoms with E-state index in [0.29, 0.717) is 11.3 Å². The fourth-order valence-corrected chi connectivity index (χ4v) is 2.39. The predicted octanol–water partition coefficient (Wildman–Crippen LogP) is 2.74. The molecule has 0 bridgehead atoms. The normalized spacial score (nSPS) is 13.6. The molecule has 0 radical (unpaired) electrons. The third-order valence-corrected chi connectivity index (χ3v) is 3.89. The van der Waals surface area contributed by atoms with Gasteiger partial charge in [-0.2, -0.15) is 0 Å². The smallest absolute Gasteiger partial charge is 0.270 e. The highest BCUT2D eigenvalue weighted by Gasteiger charge is 2.24. The second kappa shape index (κ2) is 6.78. The topological polar surface area (TPSA) is 84.0 Å². The second-order valence-corrected chi connectivity index (χ2v) is 6.25. The molecule has 1 aliphatic rings. The molecule has 0 aliphatic heterocycles. The van der Waals surface area contributed by atoms with Crippen molar-refractivity contribution in [2.45, 2.75) is 38.6 Å². The number of rotatable bonds is 5. The number of pyridine rings is 2. The Morgan fingerprint density at radius 3 is 2.67 bits per heavy atom. The summed E-state index contributed by atoms with van der Waals surface area (Å²) in [6.07, 6.45) is 6.83. The molecule has 6 nitrogen and oxygen atoms in total. The minimum absolute atomic E-state index is 0.239. The molecule has 2 aromatic heterocycles. The minimum Gasteiger partial charge on any atom is -0.348 e. The molecule has 0 unspecified atom stereocenters. The highest BCUT2D eigenvalue weighted by molar-refractivity contribution is 6.06. The summed E-state index contributed by atoms with van der Waals surface area (Å²) in [6, 6.07) is 5.25. The lowest BCUT2D eigenvalue weighted by Crippen LogP contribution is -2.26. The third kappa shape index (κ3) is 3.76. The van der Waals surface area contributed by atoms with Crippen molar-refractivity contribution in [2.24, 2.45) is 0 Å². The van der Waals surface area contributed by atoms with E-state index in [0.717, 1.165) is 18.4 Å². The van der Waals surface area contributed by atoms with Gasteiger partial charge in [-0.1, -0.05) is 13.8 Å². The van der Waals surface area contributed by atoms with E-state index < -0.39 is 0 Å². The van der Waals surface area contributed by atoms with Crippen LogP contribution in [-0.4, -0.2) is 27.8 Å². The Balaban J connectivity index is 1.76. The number of aromatic nitrogens is 2. The molecule has 6 heteroatoms. The van der Waals surface area contributed by atoms with Crippen LogP contribution < -0.4 is 10.6 Å². The van der Waals surface area contributed by atoms with Crippen LogP contribution in [0.3, 0.4) is 0 Å². The molecule has 2 N–H and O–H groups in total. The van der Waals surface area contributed by atoms with Crippen LogP contribution in [0.2, 0.25) is 0 Å². The zero-order valence-corrected chi connectivity index (χ0v) is 13.7. The van der Waals surface area contributed by atoms with Crippen LogP contribution in [0.1, 0.15) is 59.0 Å². The van der Waals surface area contributed by atoms with E-state index in [2.05, 4.69) is 34.4 Å². The number of hydrogen-bond acceptors (Lipinski definition) is 4. The predicted molar refractivity (Wildman–Crippen MR) is 91.0 cm³/mol. The van der Waals surface area contributed by atoms with Crippen molar-refractivity contribution in [3.8, 4) is 0 Å². The summed E-state index contributed by atoms with van der Waals surface area (Å²) < 4.78 is 0. The Kier molecular flexibility index (Phi) is 4.55. The van der Waals surface area contributed by atoms with Crippen molar-refractivity contribution in [1.82, 2.24) is 15.3 Å². The van der Waals surface area contributed by atoms with Gasteiger partial charge in [0.05, 0.1) is 11.9 Å². The number of amides is 2. The average molecular weight is 324 g/mol. The number of carbonyl (C=O) groups excluding carboxylic acids is 2. The van der Waals surface area contributed by atoms with Gasteiger partial charge < -0.3 is 10.6 Å². The Morgan fingerprint density at radius 2 is 1.96 bits per heavy atom. The molecule has 0 spiro atoms. The maximum absolute atomic E-state index is 12.5. The van der Waals surface area contributed by atoms with Crippen molar-refractivity contribution in [1.29, 1.82) is 0 Å². The largest absolute Gasteiger partial charge is 0.348 e. The lowest BCUT2D eigenvalue weighted by atomic mass is 10.0.